The van der Waals surface area contributed by atoms with Gasteiger partial charge in [-0.15, -0.1) is 0 Å². The molecule has 3 heteroatoms. The number of unbranched alkanes of at least 4 members (excludes halogenated alkanes) is 3. The number of nitrogens with zero attached hydrogens (tertiary/aromatic N) is 1. The molecule has 1 heterocycles. The average Bonchev–Trinajstić information content (AvgIpc) is 2.70. The number of thiol groups is 1. The number of furan rings is 1. The highest BCUT2D eigenvalue weighted by molar-refractivity contribution is 7.80. The molecule has 1 rings (SSSR count). The lowest BCUT2D eigenvalue weighted by molar-refractivity contribution is 0.316. The van der Waals surface area contributed by atoms with Gasteiger partial charge in [-0.25, -0.2) is 0 Å². The normalized spacial score (nSPS) is 11.1. The van der Waals surface area contributed by atoms with Crippen LogP contribution >= 0.6 is 12.6 Å². The second-order valence-corrected chi connectivity index (χ2v) is 4.45. The van der Waals surface area contributed by atoms with Crippen LogP contribution in [0.1, 0.15) is 31.2 Å². The third-order valence-electron chi connectivity index (χ3n) is 2.48. The predicted octanol–water partition coefficient (Wildman–Crippen LogP) is 3.20. The molecule has 0 amide bonds. The molecule has 0 aromatic carbocycles. The minimum atomic E-state index is 0.989. The monoisotopic (exact) mass is 227 g/mol. The molecule has 2 nitrogen and oxygen atoms in total. The number of hydrogen-bond acceptors (Lipinski definition) is 3. The van der Waals surface area contributed by atoms with E-state index in [1.807, 2.05) is 12.3 Å². The summed E-state index contributed by atoms with van der Waals surface area (Å²) in [6, 6.07) is 2.03. The van der Waals surface area contributed by atoms with Crippen molar-refractivity contribution in [3.8, 4) is 0 Å². The first-order valence-corrected chi connectivity index (χ1v) is 6.26. The topological polar surface area (TPSA) is 16.4 Å². The molecule has 86 valence electrons. The van der Waals surface area contributed by atoms with E-state index in [0.29, 0.717) is 0 Å². The van der Waals surface area contributed by atoms with Gasteiger partial charge in [-0.05, 0) is 38.3 Å². The van der Waals surface area contributed by atoms with Crippen molar-refractivity contribution in [3.63, 3.8) is 0 Å². The lowest BCUT2D eigenvalue weighted by atomic mass is 10.2. The Morgan fingerprint density at radius 1 is 1.27 bits per heavy atom. The molecular formula is C12H21NOS. The quantitative estimate of drug-likeness (QED) is 0.542. The van der Waals surface area contributed by atoms with Gasteiger partial charge in [0, 0.05) is 12.1 Å². The van der Waals surface area contributed by atoms with E-state index in [-0.39, 0.29) is 0 Å². The van der Waals surface area contributed by atoms with E-state index in [9.17, 15) is 0 Å². The molecule has 0 aliphatic carbocycles. The molecule has 0 aliphatic rings. The first-order chi connectivity index (χ1) is 7.33. The molecule has 0 aliphatic heterocycles. The first kappa shape index (κ1) is 12.7. The van der Waals surface area contributed by atoms with Crippen LogP contribution < -0.4 is 0 Å². The van der Waals surface area contributed by atoms with E-state index in [2.05, 4.69) is 24.6 Å². The van der Waals surface area contributed by atoms with Crippen LogP contribution in [0.3, 0.4) is 0 Å². The molecule has 0 fully saturated rings. The van der Waals surface area contributed by atoms with E-state index in [0.717, 1.165) is 18.8 Å². The zero-order valence-electron chi connectivity index (χ0n) is 9.48. The summed E-state index contributed by atoms with van der Waals surface area (Å²) in [7, 11) is 2.16. The lowest BCUT2D eigenvalue weighted by Crippen LogP contribution is -2.18. The second-order valence-electron chi connectivity index (χ2n) is 4.01. The molecule has 0 spiro atoms. The van der Waals surface area contributed by atoms with Crippen molar-refractivity contribution < 1.29 is 4.42 Å². The summed E-state index contributed by atoms with van der Waals surface area (Å²) in [5, 5.41) is 0. The van der Waals surface area contributed by atoms with E-state index in [1.54, 1.807) is 6.26 Å². The maximum absolute atomic E-state index is 5.04. The summed E-state index contributed by atoms with van der Waals surface area (Å²) in [4.78, 5) is 2.34. The van der Waals surface area contributed by atoms with Crippen LogP contribution in [0.15, 0.2) is 23.0 Å². The Bertz CT molecular complexity index is 236. The van der Waals surface area contributed by atoms with Crippen molar-refractivity contribution in [2.45, 2.75) is 32.2 Å². The van der Waals surface area contributed by atoms with Gasteiger partial charge in [0.15, 0.2) is 0 Å². The van der Waals surface area contributed by atoms with Crippen molar-refractivity contribution in [2.24, 2.45) is 0 Å². The van der Waals surface area contributed by atoms with E-state index in [1.165, 1.54) is 31.2 Å². The predicted molar refractivity (Wildman–Crippen MR) is 67.4 cm³/mol. The van der Waals surface area contributed by atoms with Crippen LogP contribution in [0.4, 0.5) is 0 Å². The Balaban J connectivity index is 2.01. The SMILES string of the molecule is CN(CCCCCCS)Cc1ccoc1. The van der Waals surface area contributed by atoms with Crippen molar-refractivity contribution >= 4 is 12.6 Å². The van der Waals surface area contributed by atoms with Crippen molar-refractivity contribution in [1.29, 1.82) is 0 Å². The van der Waals surface area contributed by atoms with Crippen molar-refractivity contribution in [3.05, 3.63) is 24.2 Å². The Morgan fingerprint density at radius 3 is 2.73 bits per heavy atom. The Labute approximate surface area is 98.1 Å². The van der Waals surface area contributed by atoms with Crippen molar-refractivity contribution in [1.82, 2.24) is 4.90 Å². The molecule has 0 bridgehead atoms. The summed E-state index contributed by atoms with van der Waals surface area (Å²) < 4.78 is 5.04. The van der Waals surface area contributed by atoms with Crippen LogP contribution in [0.2, 0.25) is 0 Å². The zero-order chi connectivity index (χ0) is 10.9. The Kier molecular flexibility index (Phi) is 6.60. The molecule has 0 saturated carbocycles. The van der Waals surface area contributed by atoms with Gasteiger partial charge < -0.3 is 9.32 Å². The van der Waals surface area contributed by atoms with Gasteiger partial charge in [0.25, 0.3) is 0 Å². The molecule has 0 unspecified atom stereocenters. The summed E-state index contributed by atoms with van der Waals surface area (Å²) in [5.41, 5.74) is 1.26. The molecule has 0 N–H and O–H groups in total. The maximum Gasteiger partial charge on any atom is 0.0947 e. The fourth-order valence-electron chi connectivity index (χ4n) is 1.62. The Hall–Kier alpha value is -0.410. The van der Waals surface area contributed by atoms with Gasteiger partial charge in [0.2, 0.25) is 0 Å². The highest BCUT2D eigenvalue weighted by Gasteiger charge is 2.00. The summed E-state index contributed by atoms with van der Waals surface area (Å²) in [6.45, 7) is 2.15. The molecule has 0 atom stereocenters. The molecule has 0 radical (unpaired) electrons. The molecule has 0 saturated heterocycles. The molecule has 1 aromatic heterocycles. The number of rotatable bonds is 8. The molecule has 15 heavy (non-hydrogen) atoms. The molecular weight excluding hydrogens is 206 g/mol. The van der Waals surface area contributed by atoms with Gasteiger partial charge in [-0.1, -0.05) is 12.8 Å². The van der Waals surface area contributed by atoms with Gasteiger partial charge in [0.05, 0.1) is 12.5 Å². The van der Waals surface area contributed by atoms with Gasteiger partial charge in [0.1, 0.15) is 0 Å². The Morgan fingerprint density at radius 2 is 2.07 bits per heavy atom. The van der Waals surface area contributed by atoms with Crippen LogP contribution in [-0.4, -0.2) is 24.2 Å². The average molecular weight is 227 g/mol. The minimum Gasteiger partial charge on any atom is -0.472 e. The van der Waals surface area contributed by atoms with E-state index < -0.39 is 0 Å². The summed E-state index contributed by atoms with van der Waals surface area (Å²) >= 11 is 4.20. The fraction of sp³-hybridized carbons (Fsp3) is 0.667. The third kappa shape index (κ3) is 5.90. The van der Waals surface area contributed by atoms with Gasteiger partial charge in [-0.3, -0.25) is 0 Å². The summed E-state index contributed by atoms with van der Waals surface area (Å²) in [6.07, 6.45) is 8.70. The van der Waals surface area contributed by atoms with Gasteiger partial charge >= 0.3 is 0 Å². The van der Waals surface area contributed by atoms with Crippen LogP contribution in [0.5, 0.6) is 0 Å². The minimum absolute atomic E-state index is 0.989. The highest BCUT2D eigenvalue weighted by Crippen LogP contribution is 2.06. The van der Waals surface area contributed by atoms with Crippen LogP contribution in [0.25, 0.3) is 0 Å². The summed E-state index contributed by atoms with van der Waals surface area (Å²) in [5.74, 6) is 1.02. The first-order valence-electron chi connectivity index (χ1n) is 5.63. The van der Waals surface area contributed by atoms with E-state index in [4.69, 9.17) is 4.42 Å². The fourth-order valence-corrected chi connectivity index (χ4v) is 1.84. The largest absolute Gasteiger partial charge is 0.472 e. The molecule has 1 aromatic rings. The smallest absolute Gasteiger partial charge is 0.0947 e. The maximum atomic E-state index is 5.04. The zero-order valence-corrected chi connectivity index (χ0v) is 10.4. The second kappa shape index (κ2) is 7.83. The lowest BCUT2D eigenvalue weighted by Gasteiger charge is -2.14. The number of hydrogen-bond donors (Lipinski definition) is 1. The van der Waals surface area contributed by atoms with Crippen LogP contribution in [-0.2, 0) is 6.54 Å². The van der Waals surface area contributed by atoms with Crippen molar-refractivity contribution in [2.75, 3.05) is 19.3 Å². The standard InChI is InChI=1S/C12H21NOS/c1-13(7-4-2-3-5-9-15)10-12-6-8-14-11-12/h6,8,11,15H,2-5,7,9-10H2,1H3. The van der Waals surface area contributed by atoms with E-state index >= 15 is 0 Å². The van der Waals surface area contributed by atoms with Gasteiger partial charge in [-0.2, -0.15) is 12.6 Å². The highest BCUT2D eigenvalue weighted by atomic mass is 32.1. The third-order valence-corrected chi connectivity index (χ3v) is 2.80. The van der Waals surface area contributed by atoms with Crippen LogP contribution in [0, 0.1) is 0 Å².